The fraction of sp³-hybridized carbons (Fsp3) is 0.696. The Hall–Kier alpha value is -1.40. The number of hydrogen-bond acceptors (Lipinski definition) is 3. The Kier molecular flexibility index (Phi) is 7.05. The van der Waals surface area contributed by atoms with Crippen molar-refractivity contribution < 1.29 is 13.2 Å². The van der Waals surface area contributed by atoms with Crippen LogP contribution in [-0.4, -0.2) is 49.7 Å². The second kappa shape index (κ2) is 9.17. The van der Waals surface area contributed by atoms with Gasteiger partial charge in [-0.15, -0.1) is 0 Å². The quantitative estimate of drug-likeness (QED) is 0.716. The van der Waals surface area contributed by atoms with Crippen molar-refractivity contribution in [2.45, 2.75) is 76.2 Å². The van der Waals surface area contributed by atoms with Crippen LogP contribution in [0.15, 0.2) is 29.2 Å². The van der Waals surface area contributed by atoms with Crippen molar-refractivity contribution >= 4 is 15.9 Å². The molecule has 5 nitrogen and oxygen atoms in total. The highest BCUT2D eigenvalue weighted by Crippen LogP contribution is 2.30. The van der Waals surface area contributed by atoms with Crippen molar-refractivity contribution in [2.75, 3.05) is 20.1 Å². The van der Waals surface area contributed by atoms with Gasteiger partial charge >= 0.3 is 0 Å². The van der Waals surface area contributed by atoms with E-state index in [1.807, 2.05) is 24.1 Å². The van der Waals surface area contributed by atoms with Crippen molar-refractivity contribution in [3.05, 3.63) is 29.8 Å². The number of nitrogens with zero attached hydrogens (tertiary/aromatic N) is 2. The molecule has 1 heterocycles. The molecule has 1 aliphatic heterocycles. The molecule has 0 unspecified atom stereocenters. The lowest BCUT2D eigenvalue weighted by Crippen LogP contribution is -2.46. The number of carbonyl (C=O) groups is 1. The monoisotopic (exact) mass is 420 g/mol. The molecule has 6 heteroatoms. The van der Waals surface area contributed by atoms with E-state index in [0.717, 1.165) is 24.3 Å². The molecule has 0 spiro atoms. The molecule has 2 fully saturated rings. The summed E-state index contributed by atoms with van der Waals surface area (Å²) in [5.41, 5.74) is 1.13. The number of hydrogen-bond donors (Lipinski definition) is 0. The molecule has 3 rings (SSSR count). The minimum Gasteiger partial charge on any atom is -0.343 e. The molecule has 0 bridgehead atoms. The molecule has 0 N–H and O–H groups in total. The molecule has 0 radical (unpaired) electrons. The largest absolute Gasteiger partial charge is 0.343 e. The van der Waals surface area contributed by atoms with E-state index in [4.69, 9.17) is 0 Å². The van der Waals surface area contributed by atoms with Gasteiger partial charge in [0.2, 0.25) is 15.9 Å². The van der Waals surface area contributed by atoms with Crippen LogP contribution in [0.2, 0.25) is 0 Å². The maximum atomic E-state index is 13.0. The van der Waals surface area contributed by atoms with Gasteiger partial charge in [0.15, 0.2) is 0 Å². The van der Waals surface area contributed by atoms with Gasteiger partial charge in [-0.25, -0.2) is 8.42 Å². The van der Waals surface area contributed by atoms with E-state index in [9.17, 15) is 13.2 Å². The first kappa shape index (κ1) is 22.3. The van der Waals surface area contributed by atoms with Crippen molar-refractivity contribution in [3.8, 4) is 0 Å². The number of piperidine rings is 1. The highest BCUT2D eigenvalue weighted by atomic mass is 32.2. The number of rotatable bonds is 5. The standard InChI is InChI=1S/C23H36N2O3S/c1-17(2)19-7-11-22(12-8-19)29(27,28)25-15-13-20(14-16-25)23(26)24(4)21-9-5-18(3)6-10-21/h7-8,11-12,17-18,20-21H,5-6,9-10,13-16H2,1-4H3. The van der Waals surface area contributed by atoms with Gasteiger partial charge in [-0.05, 0) is 68.1 Å². The predicted octanol–water partition coefficient (Wildman–Crippen LogP) is 4.25. The van der Waals surface area contributed by atoms with Crippen molar-refractivity contribution in [2.24, 2.45) is 11.8 Å². The van der Waals surface area contributed by atoms with Crippen LogP contribution in [0.4, 0.5) is 0 Å². The molecule has 2 aliphatic rings. The van der Waals surface area contributed by atoms with E-state index in [2.05, 4.69) is 20.8 Å². The zero-order chi connectivity index (χ0) is 21.2. The van der Waals surface area contributed by atoms with Gasteiger partial charge in [-0.1, -0.05) is 32.9 Å². The summed E-state index contributed by atoms with van der Waals surface area (Å²) in [7, 11) is -1.56. The molecule has 162 valence electrons. The van der Waals surface area contributed by atoms with Gasteiger partial charge in [-0.3, -0.25) is 4.79 Å². The van der Waals surface area contributed by atoms with Crippen LogP contribution in [0.3, 0.4) is 0 Å². The Bertz CT molecular complexity index is 788. The summed E-state index contributed by atoms with van der Waals surface area (Å²) in [5.74, 6) is 1.27. The molecule has 1 saturated heterocycles. The Morgan fingerprint density at radius 1 is 1.00 bits per heavy atom. The summed E-state index contributed by atoms with van der Waals surface area (Å²) in [5, 5.41) is 0. The van der Waals surface area contributed by atoms with Crippen LogP contribution >= 0.6 is 0 Å². The molecular weight excluding hydrogens is 384 g/mol. The average molecular weight is 421 g/mol. The third-order valence-corrected chi connectivity index (χ3v) is 8.78. The highest BCUT2D eigenvalue weighted by molar-refractivity contribution is 7.89. The first-order valence-corrected chi connectivity index (χ1v) is 12.5. The van der Waals surface area contributed by atoms with Crippen LogP contribution < -0.4 is 0 Å². The van der Waals surface area contributed by atoms with Crippen molar-refractivity contribution in [1.82, 2.24) is 9.21 Å². The SMILES string of the molecule is CC1CCC(N(C)C(=O)C2CCN(S(=O)(=O)c3ccc(C(C)C)cc3)CC2)CC1. The molecule has 0 atom stereocenters. The third-order valence-electron chi connectivity index (χ3n) is 6.87. The summed E-state index contributed by atoms with van der Waals surface area (Å²) < 4.78 is 27.5. The first-order chi connectivity index (χ1) is 13.7. The van der Waals surface area contributed by atoms with Crippen LogP contribution in [-0.2, 0) is 14.8 Å². The van der Waals surface area contributed by atoms with E-state index in [-0.39, 0.29) is 11.8 Å². The van der Waals surface area contributed by atoms with Gasteiger partial charge in [0.25, 0.3) is 0 Å². The number of benzene rings is 1. The van der Waals surface area contributed by atoms with Gasteiger partial charge in [0.05, 0.1) is 4.90 Å². The third kappa shape index (κ3) is 5.02. The summed E-state index contributed by atoms with van der Waals surface area (Å²) in [4.78, 5) is 15.3. The number of carbonyl (C=O) groups excluding carboxylic acids is 1. The molecule has 1 aliphatic carbocycles. The highest BCUT2D eigenvalue weighted by Gasteiger charge is 2.35. The van der Waals surface area contributed by atoms with E-state index in [0.29, 0.717) is 42.8 Å². The van der Waals surface area contributed by atoms with Crippen molar-refractivity contribution in [1.29, 1.82) is 0 Å². The Morgan fingerprint density at radius 3 is 2.07 bits per heavy atom. The summed E-state index contributed by atoms with van der Waals surface area (Å²) in [6, 6.07) is 7.56. The van der Waals surface area contributed by atoms with E-state index >= 15 is 0 Å². The zero-order valence-corrected chi connectivity index (χ0v) is 19.1. The van der Waals surface area contributed by atoms with E-state index < -0.39 is 10.0 Å². The molecule has 1 amide bonds. The van der Waals surface area contributed by atoms with E-state index in [1.54, 1.807) is 16.4 Å². The zero-order valence-electron chi connectivity index (χ0n) is 18.3. The second-order valence-electron chi connectivity index (χ2n) is 9.26. The second-order valence-corrected chi connectivity index (χ2v) is 11.2. The Morgan fingerprint density at radius 2 is 1.55 bits per heavy atom. The van der Waals surface area contributed by atoms with E-state index in [1.165, 1.54) is 12.8 Å². The topological polar surface area (TPSA) is 57.7 Å². The molecule has 1 aromatic rings. The average Bonchev–Trinajstić information content (AvgIpc) is 2.73. The maximum Gasteiger partial charge on any atom is 0.243 e. The predicted molar refractivity (Wildman–Crippen MR) is 116 cm³/mol. The van der Waals surface area contributed by atoms with Crippen LogP contribution in [0.25, 0.3) is 0 Å². The lowest BCUT2D eigenvalue weighted by atomic mass is 9.86. The van der Waals surface area contributed by atoms with Crippen molar-refractivity contribution in [3.63, 3.8) is 0 Å². The molecule has 29 heavy (non-hydrogen) atoms. The molecular formula is C23H36N2O3S. The summed E-state index contributed by atoms with van der Waals surface area (Å²) in [6.45, 7) is 7.30. The smallest absolute Gasteiger partial charge is 0.243 e. The Balaban J connectivity index is 1.58. The minimum atomic E-state index is -3.49. The maximum absolute atomic E-state index is 13.0. The minimum absolute atomic E-state index is 0.0610. The van der Waals surface area contributed by atoms with Gasteiger partial charge in [0, 0.05) is 32.1 Å². The molecule has 1 aromatic carbocycles. The van der Waals surface area contributed by atoms with Gasteiger partial charge in [0.1, 0.15) is 0 Å². The van der Waals surface area contributed by atoms with Gasteiger partial charge in [-0.2, -0.15) is 4.31 Å². The number of sulfonamides is 1. The fourth-order valence-electron chi connectivity index (χ4n) is 4.61. The normalized spacial score (nSPS) is 24.6. The fourth-order valence-corrected chi connectivity index (χ4v) is 6.08. The lowest BCUT2D eigenvalue weighted by molar-refractivity contribution is -0.138. The Labute approximate surface area is 176 Å². The molecule has 1 saturated carbocycles. The first-order valence-electron chi connectivity index (χ1n) is 11.1. The summed E-state index contributed by atoms with van der Waals surface area (Å²) in [6.07, 6.45) is 5.76. The van der Waals surface area contributed by atoms with Gasteiger partial charge < -0.3 is 4.90 Å². The molecule has 0 aromatic heterocycles. The van der Waals surface area contributed by atoms with Crippen LogP contribution in [0.5, 0.6) is 0 Å². The lowest BCUT2D eigenvalue weighted by Gasteiger charge is -2.37. The van der Waals surface area contributed by atoms with Crippen LogP contribution in [0, 0.1) is 11.8 Å². The summed E-state index contributed by atoms with van der Waals surface area (Å²) >= 11 is 0. The van der Waals surface area contributed by atoms with Crippen LogP contribution in [0.1, 0.15) is 70.8 Å². The number of amides is 1.